The number of rotatable bonds is 1. The van der Waals surface area contributed by atoms with Crippen LogP contribution in [0.2, 0.25) is 0 Å². The van der Waals surface area contributed by atoms with Crippen LogP contribution in [0.5, 0.6) is 0 Å². The monoisotopic (exact) mass is 470 g/mol. The molecule has 27 heavy (non-hydrogen) atoms. The molecule has 0 bridgehead atoms. The van der Waals surface area contributed by atoms with E-state index in [2.05, 4.69) is 18.1 Å². The first kappa shape index (κ1) is 23.1. The van der Waals surface area contributed by atoms with Crippen molar-refractivity contribution < 1.29 is 70.8 Å². The summed E-state index contributed by atoms with van der Waals surface area (Å²) in [6.45, 7) is -8.59. The van der Waals surface area contributed by atoms with Gasteiger partial charge in [-0.2, -0.15) is 0 Å². The molecule has 0 aromatic rings. The van der Waals surface area contributed by atoms with Crippen LogP contribution in [0.3, 0.4) is 0 Å². The van der Waals surface area contributed by atoms with E-state index in [0.717, 1.165) is 0 Å². The van der Waals surface area contributed by atoms with Gasteiger partial charge in [0.2, 0.25) is 0 Å². The average Bonchev–Trinajstić information content (AvgIpc) is 2.97. The van der Waals surface area contributed by atoms with Gasteiger partial charge in [-0.1, -0.05) is 0 Å². The molecule has 18 heteroatoms. The molecule has 2 rings (SSSR count). The first-order valence-corrected chi connectivity index (χ1v) is 10.1. The number of alkyl halides is 12. The second-order valence-electron chi connectivity index (χ2n) is 5.13. The molecule has 2 fully saturated rings. The van der Waals surface area contributed by atoms with Crippen molar-refractivity contribution in [1.82, 2.24) is 0 Å². The van der Waals surface area contributed by atoms with E-state index in [0.29, 0.717) is 6.26 Å². The molecule has 0 saturated carbocycles. The molecule has 162 valence electrons. The first-order valence-electron chi connectivity index (χ1n) is 6.32. The van der Waals surface area contributed by atoms with Gasteiger partial charge in [0.15, 0.2) is 0 Å². The average molecular weight is 470 g/mol. The van der Waals surface area contributed by atoms with Crippen LogP contribution in [0.1, 0.15) is 0 Å². The molecule has 1 spiro atoms. The van der Waals surface area contributed by atoms with Gasteiger partial charge < -0.3 is 0 Å². The standard InChI is InChI=1S/C9H7F12O4PS/c1-27-26(22-2-3-23-26)24-4(6(10,11)12,7(13,14)15)5(25-26,8(16,17)18)9(19,20)21/h2-3H2,1H3. The molecule has 2 aliphatic heterocycles. The van der Waals surface area contributed by atoms with Gasteiger partial charge in [0.05, 0.1) is 0 Å². The van der Waals surface area contributed by atoms with Crippen molar-refractivity contribution in [1.29, 1.82) is 0 Å². The molecule has 2 aliphatic rings. The molecule has 0 unspecified atom stereocenters. The second-order valence-corrected chi connectivity index (χ2v) is 10.8. The van der Waals surface area contributed by atoms with E-state index in [9.17, 15) is 52.7 Å². The number of halogens is 12. The topological polar surface area (TPSA) is 36.9 Å². The molecule has 4 nitrogen and oxygen atoms in total. The SMILES string of the molecule is CSP12(OCCO1)OC(C(F)(F)F)(C(F)(F)F)C(C(F)(F)F)(C(F)(F)F)O2. The van der Waals surface area contributed by atoms with Crippen molar-refractivity contribution in [3.63, 3.8) is 0 Å². The van der Waals surface area contributed by atoms with Crippen molar-refractivity contribution in [3.05, 3.63) is 0 Å². The zero-order chi connectivity index (χ0) is 21.4. The third kappa shape index (κ3) is 2.68. The summed E-state index contributed by atoms with van der Waals surface area (Å²) < 4.78 is 176. The van der Waals surface area contributed by atoms with Gasteiger partial charge in [-0.05, 0) is 0 Å². The van der Waals surface area contributed by atoms with E-state index in [1.54, 1.807) is 0 Å². The molecule has 0 aromatic carbocycles. The summed E-state index contributed by atoms with van der Waals surface area (Å²) in [6, 6.07) is 0. The van der Waals surface area contributed by atoms with Gasteiger partial charge >= 0.3 is 144 Å². The molecule has 0 radical (unpaired) electrons. The van der Waals surface area contributed by atoms with E-state index in [1.165, 1.54) is 0 Å². The van der Waals surface area contributed by atoms with Crippen molar-refractivity contribution in [3.8, 4) is 0 Å². The first-order chi connectivity index (χ1) is 11.7. The van der Waals surface area contributed by atoms with Gasteiger partial charge in [0.25, 0.3) is 0 Å². The van der Waals surface area contributed by atoms with Crippen LogP contribution in [0.15, 0.2) is 0 Å². The molecular weight excluding hydrogens is 463 g/mol. The summed E-state index contributed by atoms with van der Waals surface area (Å²) in [4.78, 5) is 0. The Morgan fingerprint density at radius 2 is 0.889 bits per heavy atom. The zero-order valence-corrected chi connectivity index (χ0v) is 14.1. The predicted octanol–water partition coefficient (Wildman–Crippen LogP) is 5.30. The molecular formula is C9H7F12O4PS. The van der Waals surface area contributed by atoms with Gasteiger partial charge in [0, 0.05) is 0 Å². The van der Waals surface area contributed by atoms with Gasteiger partial charge in [-0.15, -0.1) is 0 Å². The minimum atomic E-state index is -7.29. The maximum absolute atomic E-state index is 13.4. The Balaban J connectivity index is 3.06. The molecule has 0 N–H and O–H groups in total. The fourth-order valence-electron chi connectivity index (χ4n) is 2.62. The fraction of sp³-hybridized carbons (Fsp3) is 1.00. The van der Waals surface area contributed by atoms with Crippen molar-refractivity contribution in [2.45, 2.75) is 35.9 Å². The quantitative estimate of drug-likeness (QED) is 0.384. The fourth-order valence-corrected chi connectivity index (χ4v) is 7.81. The summed E-state index contributed by atoms with van der Waals surface area (Å²) >= 11 is -0.499. The van der Waals surface area contributed by atoms with Crippen LogP contribution in [0, 0.1) is 0 Å². The van der Waals surface area contributed by atoms with Crippen LogP contribution in [0.25, 0.3) is 0 Å². The van der Waals surface area contributed by atoms with E-state index in [1.807, 2.05) is 0 Å². The van der Waals surface area contributed by atoms with Gasteiger partial charge in [0.1, 0.15) is 0 Å². The molecule has 0 amide bonds. The minimum absolute atomic E-state index is 0.499. The summed E-state index contributed by atoms with van der Waals surface area (Å²) in [5.41, 5.74) is -13.8. The van der Waals surface area contributed by atoms with Crippen molar-refractivity contribution >= 4 is 18.1 Å². The summed E-state index contributed by atoms with van der Waals surface area (Å²) in [5, 5.41) is 0. The Morgan fingerprint density at radius 1 is 0.630 bits per heavy atom. The molecule has 0 aromatic heterocycles. The van der Waals surface area contributed by atoms with Crippen LogP contribution in [0.4, 0.5) is 52.7 Å². The van der Waals surface area contributed by atoms with Gasteiger partial charge in [-0.25, -0.2) is 0 Å². The Hall–Kier alpha value is -0.220. The van der Waals surface area contributed by atoms with Crippen LogP contribution < -0.4 is 0 Å². The molecule has 0 atom stereocenters. The summed E-state index contributed by atoms with van der Waals surface area (Å²) in [5.74, 6) is 0. The molecule has 0 aliphatic carbocycles. The third-order valence-electron chi connectivity index (χ3n) is 3.65. The summed E-state index contributed by atoms with van der Waals surface area (Å²) in [6.07, 6.45) is -28.6. The Labute approximate surface area is 145 Å². The Bertz CT molecular complexity index is 532. The van der Waals surface area contributed by atoms with Crippen LogP contribution in [-0.4, -0.2) is 55.4 Å². The Morgan fingerprint density at radius 3 is 1.07 bits per heavy atom. The van der Waals surface area contributed by atoms with Gasteiger partial charge in [-0.3, -0.25) is 0 Å². The Kier molecular flexibility index (Phi) is 4.85. The van der Waals surface area contributed by atoms with E-state index < -0.39 is 67.2 Å². The zero-order valence-electron chi connectivity index (χ0n) is 12.4. The summed E-state index contributed by atoms with van der Waals surface area (Å²) in [7, 11) is 0. The second kappa shape index (κ2) is 5.68. The van der Waals surface area contributed by atoms with Crippen LogP contribution in [-0.2, 0) is 18.1 Å². The van der Waals surface area contributed by atoms with Crippen molar-refractivity contribution in [2.24, 2.45) is 0 Å². The third-order valence-corrected chi connectivity index (χ3v) is 9.47. The van der Waals surface area contributed by atoms with Crippen molar-refractivity contribution in [2.75, 3.05) is 19.5 Å². The van der Waals surface area contributed by atoms with E-state index in [-0.39, 0.29) is 0 Å². The van der Waals surface area contributed by atoms with E-state index >= 15 is 0 Å². The number of hydrogen-bond acceptors (Lipinski definition) is 5. The molecule has 2 heterocycles. The predicted molar refractivity (Wildman–Crippen MR) is 64.2 cm³/mol. The van der Waals surface area contributed by atoms with E-state index in [4.69, 9.17) is 0 Å². The maximum atomic E-state index is 13.4. The van der Waals surface area contributed by atoms with Crippen LogP contribution >= 0.6 is 18.1 Å². The normalized spacial score (nSPS) is 28.9. The molecule has 2 saturated heterocycles. The number of hydrogen-bond donors (Lipinski definition) is 0.